The first kappa shape index (κ1) is 14.0. The molecule has 1 heterocycles. The standard InChI is InChI=1S/C11H18BrN3O2/c1-11(2,3)17-10(16)14(4)7-8-6-9(12)13-15(8)5/h6H,7H2,1-5H3. The van der Waals surface area contributed by atoms with Crippen molar-refractivity contribution >= 4 is 22.0 Å². The van der Waals surface area contributed by atoms with Crippen LogP contribution in [0.4, 0.5) is 4.79 Å². The lowest BCUT2D eigenvalue weighted by molar-refractivity contribution is 0.0281. The van der Waals surface area contributed by atoms with Gasteiger partial charge in [-0.3, -0.25) is 4.68 Å². The zero-order valence-corrected chi connectivity index (χ0v) is 12.4. The fourth-order valence-corrected chi connectivity index (χ4v) is 1.76. The number of aryl methyl sites for hydroxylation is 1. The third kappa shape index (κ3) is 4.38. The molecule has 5 nitrogen and oxygen atoms in total. The molecule has 0 N–H and O–H groups in total. The first-order chi connectivity index (χ1) is 7.69. The van der Waals surface area contributed by atoms with Crippen molar-refractivity contribution in [3.63, 3.8) is 0 Å². The number of aromatic nitrogens is 2. The van der Waals surface area contributed by atoms with Crippen molar-refractivity contribution < 1.29 is 9.53 Å². The predicted octanol–water partition coefficient (Wildman–Crippen LogP) is 2.55. The zero-order chi connectivity index (χ0) is 13.2. The Morgan fingerprint density at radius 1 is 1.59 bits per heavy atom. The molecule has 0 aliphatic heterocycles. The molecule has 0 radical (unpaired) electrons. The molecule has 17 heavy (non-hydrogen) atoms. The molecule has 6 heteroatoms. The second kappa shape index (κ2) is 5.08. The number of carbonyl (C=O) groups excluding carboxylic acids is 1. The van der Waals surface area contributed by atoms with E-state index in [4.69, 9.17) is 4.74 Å². The Morgan fingerprint density at radius 3 is 2.59 bits per heavy atom. The molecule has 1 amide bonds. The van der Waals surface area contributed by atoms with E-state index in [0.29, 0.717) is 6.54 Å². The topological polar surface area (TPSA) is 47.4 Å². The lowest BCUT2D eigenvalue weighted by atomic mass is 10.2. The van der Waals surface area contributed by atoms with Crippen molar-refractivity contribution in [3.05, 3.63) is 16.4 Å². The molecule has 1 aromatic rings. The molecule has 0 atom stereocenters. The summed E-state index contributed by atoms with van der Waals surface area (Å²) in [6, 6.07) is 1.88. The molecule has 1 rings (SSSR count). The Hall–Kier alpha value is -1.04. The largest absolute Gasteiger partial charge is 0.444 e. The van der Waals surface area contributed by atoms with Crippen LogP contribution in [0, 0.1) is 0 Å². The van der Waals surface area contributed by atoms with Crippen LogP contribution in [0.1, 0.15) is 26.5 Å². The minimum atomic E-state index is -0.474. The van der Waals surface area contributed by atoms with Crippen LogP contribution in [-0.2, 0) is 18.3 Å². The molecular formula is C11H18BrN3O2. The van der Waals surface area contributed by atoms with E-state index in [1.807, 2.05) is 33.9 Å². The van der Waals surface area contributed by atoms with Crippen LogP contribution in [0.2, 0.25) is 0 Å². The average Bonchev–Trinajstić information content (AvgIpc) is 2.42. The summed E-state index contributed by atoms with van der Waals surface area (Å²) in [6.07, 6.45) is -0.338. The van der Waals surface area contributed by atoms with Crippen LogP contribution >= 0.6 is 15.9 Å². The van der Waals surface area contributed by atoms with Gasteiger partial charge in [-0.05, 0) is 42.8 Å². The van der Waals surface area contributed by atoms with Crippen molar-refractivity contribution in [1.82, 2.24) is 14.7 Å². The highest BCUT2D eigenvalue weighted by Gasteiger charge is 2.20. The van der Waals surface area contributed by atoms with Gasteiger partial charge in [0.2, 0.25) is 0 Å². The highest BCUT2D eigenvalue weighted by atomic mass is 79.9. The molecule has 0 aliphatic rings. The van der Waals surface area contributed by atoms with E-state index in [0.717, 1.165) is 10.3 Å². The quantitative estimate of drug-likeness (QED) is 0.843. The van der Waals surface area contributed by atoms with Gasteiger partial charge < -0.3 is 9.64 Å². The molecule has 0 bridgehead atoms. The number of ether oxygens (including phenoxy) is 1. The Morgan fingerprint density at radius 2 is 2.18 bits per heavy atom. The van der Waals surface area contributed by atoms with Crippen molar-refractivity contribution in [1.29, 1.82) is 0 Å². The highest BCUT2D eigenvalue weighted by Crippen LogP contribution is 2.13. The third-order valence-electron chi connectivity index (χ3n) is 2.05. The van der Waals surface area contributed by atoms with Crippen LogP contribution in [-0.4, -0.2) is 33.4 Å². The lowest BCUT2D eigenvalue weighted by Crippen LogP contribution is -2.34. The van der Waals surface area contributed by atoms with Gasteiger partial charge in [-0.25, -0.2) is 4.79 Å². The maximum absolute atomic E-state index is 11.7. The van der Waals surface area contributed by atoms with Gasteiger partial charge in [-0.15, -0.1) is 0 Å². The highest BCUT2D eigenvalue weighted by molar-refractivity contribution is 9.10. The van der Waals surface area contributed by atoms with E-state index in [1.54, 1.807) is 11.7 Å². The summed E-state index contributed by atoms with van der Waals surface area (Å²) >= 11 is 3.29. The number of hydrogen-bond acceptors (Lipinski definition) is 3. The van der Waals surface area contributed by atoms with Crippen molar-refractivity contribution in [2.75, 3.05) is 7.05 Å². The molecule has 0 fully saturated rings. The van der Waals surface area contributed by atoms with Crippen LogP contribution < -0.4 is 0 Å². The summed E-state index contributed by atoms with van der Waals surface area (Å²) in [5.41, 5.74) is 0.462. The van der Waals surface area contributed by atoms with Crippen LogP contribution in [0.25, 0.3) is 0 Å². The molecule has 0 saturated carbocycles. The summed E-state index contributed by atoms with van der Waals surface area (Å²) in [6.45, 7) is 6.00. The lowest BCUT2D eigenvalue weighted by Gasteiger charge is -2.24. The second-order valence-electron chi connectivity index (χ2n) is 4.92. The summed E-state index contributed by atoms with van der Waals surface area (Å²) in [5, 5.41) is 4.15. The Balaban J connectivity index is 2.63. The van der Waals surface area contributed by atoms with Gasteiger partial charge in [0.15, 0.2) is 0 Å². The smallest absolute Gasteiger partial charge is 0.410 e. The van der Waals surface area contributed by atoms with Crippen LogP contribution in [0.15, 0.2) is 10.7 Å². The van der Waals surface area contributed by atoms with Gasteiger partial charge in [0, 0.05) is 14.1 Å². The Kier molecular flexibility index (Phi) is 4.19. The minimum absolute atomic E-state index is 0.338. The van der Waals surface area contributed by atoms with E-state index < -0.39 is 5.60 Å². The van der Waals surface area contributed by atoms with Gasteiger partial charge in [-0.1, -0.05) is 0 Å². The summed E-state index contributed by atoms with van der Waals surface area (Å²) in [4.78, 5) is 13.3. The van der Waals surface area contributed by atoms with E-state index in [1.165, 1.54) is 4.90 Å². The third-order valence-corrected chi connectivity index (χ3v) is 2.44. The molecule has 0 spiro atoms. The first-order valence-corrected chi connectivity index (χ1v) is 6.11. The molecule has 96 valence electrons. The van der Waals surface area contributed by atoms with Gasteiger partial charge in [-0.2, -0.15) is 5.10 Å². The molecule has 0 unspecified atom stereocenters. The maximum atomic E-state index is 11.7. The molecule has 0 saturated heterocycles. The average molecular weight is 304 g/mol. The molecular weight excluding hydrogens is 286 g/mol. The van der Waals surface area contributed by atoms with Crippen LogP contribution in [0.3, 0.4) is 0 Å². The van der Waals surface area contributed by atoms with E-state index in [-0.39, 0.29) is 6.09 Å². The fourth-order valence-electron chi connectivity index (χ4n) is 1.26. The fraction of sp³-hybridized carbons (Fsp3) is 0.636. The van der Waals surface area contributed by atoms with Gasteiger partial charge in [0.1, 0.15) is 10.2 Å². The summed E-state index contributed by atoms with van der Waals surface area (Å²) in [7, 11) is 3.54. The van der Waals surface area contributed by atoms with Gasteiger partial charge >= 0.3 is 6.09 Å². The van der Waals surface area contributed by atoms with E-state index in [9.17, 15) is 4.79 Å². The number of nitrogens with zero attached hydrogens (tertiary/aromatic N) is 3. The number of carbonyl (C=O) groups is 1. The number of amides is 1. The molecule has 0 aliphatic carbocycles. The zero-order valence-electron chi connectivity index (χ0n) is 10.8. The minimum Gasteiger partial charge on any atom is -0.444 e. The molecule has 0 aromatic carbocycles. The number of halogens is 1. The molecule has 1 aromatic heterocycles. The summed E-state index contributed by atoms with van der Waals surface area (Å²) < 4.78 is 7.75. The Labute approximate surface area is 110 Å². The second-order valence-corrected chi connectivity index (χ2v) is 5.73. The Bertz CT molecular complexity index is 409. The monoisotopic (exact) mass is 303 g/mol. The van der Waals surface area contributed by atoms with E-state index in [2.05, 4.69) is 21.0 Å². The van der Waals surface area contributed by atoms with Crippen molar-refractivity contribution in [3.8, 4) is 0 Å². The van der Waals surface area contributed by atoms with Crippen molar-refractivity contribution in [2.24, 2.45) is 7.05 Å². The van der Waals surface area contributed by atoms with E-state index >= 15 is 0 Å². The summed E-state index contributed by atoms with van der Waals surface area (Å²) in [5.74, 6) is 0. The first-order valence-electron chi connectivity index (χ1n) is 5.31. The van der Waals surface area contributed by atoms with Gasteiger partial charge in [0.25, 0.3) is 0 Å². The number of hydrogen-bond donors (Lipinski definition) is 0. The van der Waals surface area contributed by atoms with Crippen LogP contribution in [0.5, 0.6) is 0 Å². The normalized spacial score (nSPS) is 11.4. The predicted molar refractivity (Wildman–Crippen MR) is 68.6 cm³/mol. The van der Waals surface area contributed by atoms with Gasteiger partial charge in [0.05, 0.1) is 12.2 Å². The SMILES string of the molecule is CN(Cc1cc(Br)nn1C)C(=O)OC(C)(C)C. The van der Waals surface area contributed by atoms with Crippen molar-refractivity contribution in [2.45, 2.75) is 32.9 Å². The maximum Gasteiger partial charge on any atom is 0.410 e. The number of rotatable bonds is 2.